The van der Waals surface area contributed by atoms with Gasteiger partial charge in [-0.1, -0.05) is 32.9 Å². The molecule has 1 aromatic carbocycles. The molecule has 0 aromatic heterocycles. The van der Waals surface area contributed by atoms with E-state index in [1.165, 1.54) is 4.90 Å². The molecule has 1 saturated heterocycles. The SMILES string of the molecule is CCCNC(C)c1cccc(N2C(=O)CC(C)(C)C2=O)c1. The Hall–Kier alpha value is -1.68. The number of hydrogen-bond donors (Lipinski definition) is 1. The van der Waals surface area contributed by atoms with Crippen LogP contribution >= 0.6 is 0 Å². The molecule has 21 heavy (non-hydrogen) atoms. The van der Waals surface area contributed by atoms with Crippen molar-refractivity contribution in [2.45, 2.75) is 46.6 Å². The molecule has 2 amide bonds. The van der Waals surface area contributed by atoms with Crippen LogP contribution in [0.3, 0.4) is 0 Å². The largest absolute Gasteiger partial charge is 0.310 e. The van der Waals surface area contributed by atoms with Gasteiger partial charge >= 0.3 is 0 Å². The van der Waals surface area contributed by atoms with E-state index < -0.39 is 5.41 Å². The second-order valence-corrected chi connectivity index (χ2v) is 6.37. The van der Waals surface area contributed by atoms with Crippen molar-refractivity contribution in [1.82, 2.24) is 5.32 Å². The monoisotopic (exact) mass is 288 g/mol. The lowest BCUT2D eigenvalue weighted by Gasteiger charge is -2.20. The average Bonchev–Trinajstić information content (AvgIpc) is 2.64. The summed E-state index contributed by atoms with van der Waals surface area (Å²) in [4.78, 5) is 25.9. The van der Waals surface area contributed by atoms with Crippen LogP contribution in [0.25, 0.3) is 0 Å². The van der Waals surface area contributed by atoms with Crippen LogP contribution in [0.1, 0.15) is 52.1 Å². The van der Waals surface area contributed by atoms with Gasteiger partial charge in [-0.2, -0.15) is 0 Å². The summed E-state index contributed by atoms with van der Waals surface area (Å²) in [5, 5.41) is 3.42. The van der Waals surface area contributed by atoms with Crippen molar-refractivity contribution >= 4 is 17.5 Å². The van der Waals surface area contributed by atoms with E-state index in [0.717, 1.165) is 18.5 Å². The molecule has 1 aliphatic heterocycles. The normalized spacial score (nSPS) is 19.1. The summed E-state index contributed by atoms with van der Waals surface area (Å²) in [6.45, 7) is 8.80. The lowest BCUT2D eigenvalue weighted by Crippen LogP contribution is -2.33. The van der Waals surface area contributed by atoms with Crippen molar-refractivity contribution < 1.29 is 9.59 Å². The fraction of sp³-hybridized carbons (Fsp3) is 0.529. The number of carbonyl (C=O) groups excluding carboxylic acids is 2. The van der Waals surface area contributed by atoms with Crippen LogP contribution in [0.4, 0.5) is 5.69 Å². The molecule has 0 aliphatic carbocycles. The van der Waals surface area contributed by atoms with Crippen LogP contribution in [-0.2, 0) is 9.59 Å². The van der Waals surface area contributed by atoms with Crippen molar-refractivity contribution in [3.05, 3.63) is 29.8 Å². The van der Waals surface area contributed by atoms with Gasteiger partial charge in [0, 0.05) is 12.5 Å². The molecule has 1 heterocycles. The molecule has 0 spiro atoms. The zero-order chi connectivity index (χ0) is 15.6. The summed E-state index contributed by atoms with van der Waals surface area (Å²) < 4.78 is 0. The zero-order valence-electron chi connectivity index (χ0n) is 13.3. The van der Waals surface area contributed by atoms with Gasteiger partial charge in [0.2, 0.25) is 11.8 Å². The van der Waals surface area contributed by atoms with Gasteiger partial charge in [0.25, 0.3) is 0 Å². The van der Waals surface area contributed by atoms with Gasteiger partial charge < -0.3 is 5.32 Å². The Morgan fingerprint density at radius 3 is 2.62 bits per heavy atom. The molecule has 0 saturated carbocycles. The Labute approximate surface area is 126 Å². The minimum atomic E-state index is -0.598. The number of anilines is 1. The van der Waals surface area contributed by atoms with E-state index in [4.69, 9.17) is 0 Å². The molecule has 1 fully saturated rings. The second kappa shape index (κ2) is 5.98. The number of nitrogens with zero attached hydrogens (tertiary/aromatic N) is 1. The van der Waals surface area contributed by atoms with Crippen molar-refractivity contribution in [3.63, 3.8) is 0 Å². The van der Waals surface area contributed by atoms with E-state index in [9.17, 15) is 9.59 Å². The number of hydrogen-bond acceptors (Lipinski definition) is 3. The smallest absolute Gasteiger partial charge is 0.239 e. The number of amides is 2. The van der Waals surface area contributed by atoms with Crippen LogP contribution < -0.4 is 10.2 Å². The Morgan fingerprint density at radius 2 is 2.05 bits per heavy atom. The molecular formula is C17H24N2O2. The van der Waals surface area contributed by atoms with Gasteiger partial charge in [0.15, 0.2) is 0 Å². The first-order valence-corrected chi connectivity index (χ1v) is 7.57. The molecule has 4 nitrogen and oxygen atoms in total. The minimum absolute atomic E-state index is 0.112. The highest BCUT2D eigenvalue weighted by Crippen LogP contribution is 2.35. The van der Waals surface area contributed by atoms with E-state index in [1.807, 2.05) is 38.1 Å². The third kappa shape index (κ3) is 3.16. The molecule has 2 rings (SSSR count). The van der Waals surface area contributed by atoms with Gasteiger partial charge in [0.05, 0.1) is 11.1 Å². The van der Waals surface area contributed by atoms with Crippen LogP contribution in [0.15, 0.2) is 24.3 Å². The van der Waals surface area contributed by atoms with Crippen molar-refractivity contribution in [3.8, 4) is 0 Å². The Morgan fingerprint density at radius 1 is 1.33 bits per heavy atom. The second-order valence-electron chi connectivity index (χ2n) is 6.37. The fourth-order valence-electron chi connectivity index (χ4n) is 2.62. The first-order valence-electron chi connectivity index (χ1n) is 7.57. The van der Waals surface area contributed by atoms with Crippen molar-refractivity contribution in [2.24, 2.45) is 5.41 Å². The summed E-state index contributed by atoms with van der Waals surface area (Å²) in [5.74, 6) is -0.227. The lowest BCUT2D eigenvalue weighted by molar-refractivity contribution is -0.124. The molecule has 0 bridgehead atoms. The quantitative estimate of drug-likeness (QED) is 0.847. The molecule has 1 atom stereocenters. The number of rotatable bonds is 5. The summed E-state index contributed by atoms with van der Waals surface area (Å²) in [7, 11) is 0. The highest BCUT2D eigenvalue weighted by Gasteiger charge is 2.45. The van der Waals surface area contributed by atoms with Gasteiger partial charge in [-0.3, -0.25) is 14.5 Å². The van der Waals surface area contributed by atoms with Crippen LogP contribution in [0.5, 0.6) is 0 Å². The number of imide groups is 1. The van der Waals surface area contributed by atoms with E-state index >= 15 is 0 Å². The first-order chi connectivity index (χ1) is 9.86. The van der Waals surface area contributed by atoms with Gasteiger partial charge in [-0.25, -0.2) is 0 Å². The Bertz CT molecular complexity index is 551. The highest BCUT2D eigenvalue weighted by molar-refractivity contribution is 6.22. The third-order valence-corrected chi connectivity index (χ3v) is 3.95. The van der Waals surface area contributed by atoms with Gasteiger partial charge in [-0.15, -0.1) is 0 Å². The van der Waals surface area contributed by atoms with Crippen molar-refractivity contribution in [1.29, 1.82) is 0 Å². The number of benzene rings is 1. The van der Waals surface area contributed by atoms with Crippen LogP contribution in [-0.4, -0.2) is 18.4 Å². The van der Waals surface area contributed by atoms with E-state index in [2.05, 4.69) is 19.2 Å². The summed E-state index contributed by atoms with van der Waals surface area (Å²) >= 11 is 0. The van der Waals surface area contributed by atoms with Crippen LogP contribution in [0, 0.1) is 5.41 Å². The predicted molar refractivity (Wildman–Crippen MR) is 84.0 cm³/mol. The number of nitrogens with one attached hydrogen (secondary N) is 1. The lowest BCUT2D eigenvalue weighted by atomic mass is 9.92. The Balaban J connectivity index is 2.25. The minimum Gasteiger partial charge on any atom is -0.310 e. The Kier molecular flexibility index (Phi) is 4.47. The molecule has 4 heteroatoms. The molecule has 1 aliphatic rings. The maximum absolute atomic E-state index is 12.4. The van der Waals surface area contributed by atoms with Gasteiger partial charge in [0.1, 0.15) is 0 Å². The molecule has 1 N–H and O–H groups in total. The van der Waals surface area contributed by atoms with E-state index in [-0.39, 0.29) is 24.3 Å². The summed E-state index contributed by atoms with van der Waals surface area (Å²) in [6, 6.07) is 7.89. The maximum atomic E-state index is 12.4. The first kappa shape index (κ1) is 15.7. The van der Waals surface area contributed by atoms with E-state index in [1.54, 1.807) is 0 Å². The van der Waals surface area contributed by atoms with Crippen molar-refractivity contribution in [2.75, 3.05) is 11.4 Å². The van der Waals surface area contributed by atoms with Gasteiger partial charge in [-0.05, 0) is 37.6 Å². The zero-order valence-corrected chi connectivity index (χ0v) is 13.3. The average molecular weight is 288 g/mol. The predicted octanol–water partition coefficient (Wildman–Crippen LogP) is 3.04. The maximum Gasteiger partial charge on any atom is 0.239 e. The molecule has 1 unspecified atom stereocenters. The third-order valence-electron chi connectivity index (χ3n) is 3.95. The van der Waals surface area contributed by atoms with Crippen LogP contribution in [0.2, 0.25) is 0 Å². The molecular weight excluding hydrogens is 264 g/mol. The summed E-state index contributed by atoms with van der Waals surface area (Å²) in [5.41, 5.74) is 1.17. The molecule has 1 aromatic rings. The number of carbonyl (C=O) groups is 2. The fourth-order valence-corrected chi connectivity index (χ4v) is 2.62. The molecule has 0 radical (unpaired) electrons. The summed E-state index contributed by atoms with van der Waals surface area (Å²) in [6.07, 6.45) is 1.35. The topological polar surface area (TPSA) is 49.4 Å². The van der Waals surface area contributed by atoms with E-state index in [0.29, 0.717) is 5.69 Å². The standard InChI is InChI=1S/C17H24N2O2/c1-5-9-18-12(2)13-7-6-8-14(10-13)19-15(20)11-17(3,4)16(19)21/h6-8,10,12,18H,5,9,11H2,1-4H3. The highest BCUT2D eigenvalue weighted by atomic mass is 16.2. The molecule has 114 valence electrons.